The summed E-state index contributed by atoms with van der Waals surface area (Å²) in [5, 5.41) is 0. The Morgan fingerprint density at radius 2 is 1.97 bits per heavy atom. The lowest BCUT2D eigenvalue weighted by Gasteiger charge is -2.38. The molecule has 0 radical (unpaired) electrons. The smallest absolute Gasteiger partial charge is 0.224 e. The lowest BCUT2D eigenvalue weighted by molar-refractivity contribution is -0.00135. The summed E-state index contributed by atoms with van der Waals surface area (Å²) in [6.45, 7) is 8.64. The molecule has 5 nitrogen and oxygen atoms in total. The Bertz CT molecular complexity index is 803. The summed E-state index contributed by atoms with van der Waals surface area (Å²) in [5.41, 5.74) is 5.48. The van der Waals surface area contributed by atoms with Crippen LogP contribution in [-0.2, 0) is 17.6 Å². The number of nitrogens with one attached hydrogen (secondary N) is 1. The van der Waals surface area contributed by atoms with Gasteiger partial charge >= 0.3 is 0 Å². The molecule has 1 saturated carbocycles. The van der Waals surface area contributed by atoms with Crippen molar-refractivity contribution in [2.75, 3.05) is 26.3 Å². The summed E-state index contributed by atoms with van der Waals surface area (Å²) < 4.78 is 12.1. The van der Waals surface area contributed by atoms with E-state index >= 15 is 0 Å². The monoisotopic (exact) mass is 411 g/mol. The Morgan fingerprint density at radius 1 is 1.17 bits per heavy atom. The Balaban J connectivity index is 1.28. The van der Waals surface area contributed by atoms with Gasteiger partial charge in [0.05, 0.1) is 30.8 Å². The van der Waals surface area contributed by atoms with Gasteiger partial charge in [0.15, 0.2) is 0 Å². The van der Waals surface area contributed by atoms with Gasteiger partial charge in [0.1, 0.15) is 6.10 Å². The number of hydrogen-bond acceptors (Lipinski definition) is 4. The second-order valence-corrected chi connectivity index (χ2v) is 10.1. The zero-order chi connectivity index (χ0) is 20.5. The van der Waals surface area contributed by atoms with E-state index in [0.29, 0.717) is 12.1 Å². The molecule has 0 aromatic carbocycles. The second kappa shape index (κ2) is 8.88. The fourth-order valence-electron chi connectivity index (χ4n) is 6.03. The van der Waals surface area contributed by atoms with Crippen LogP contribution in [0.15, 0.2) is 12.4 Å². The molecule has 0 spiro atoms. The van der Waals surface area contributed by atoms with Gasteiger partial charge in [0.25, 0.3) is 0 Å². The van der Waals surface area contributed by atoms with Crippen molar-refractivity contribution < 1.29 is 9.47 Å². The van der Waals surface area contributed by atoms with E-state index < -0.39 is 0 Å². The van der Waals surface area contributed by atoms with Gasteiger partial charge in [-0.25, -0.2) is 4.98 Å². The van der Waals surface area contributed by atoms with Crippen molar-refractivity contribution in [2.24, 2.45) is 11.8 Å². The minimum atomic E-state index is 0.293. The van der Waals surface area contributed by atoms with E-state index in [2.05, 4.69) is 34.8 Å². The van der Waals surface area contributed by atoms with Crippen molar-refractivity contribution in [2.45, 2.75) is 77.4 Å². The minimum Gasteiger partial charge on any atom is -0.474 e. The summed E-state index contributed by atoms with van der Waals surface area (Å²) >= 11 is 0. The maximum Gasteiger partial charge on any atom is 0.224 e. The van der Waals surface area contributed by atoms with Gasteiger partial charge in [-0.15, -0.1) is 0 Å². The Hall–Kier alpha value is -1.59. The van der Waals surface area contributed by atoms with Crippen molar-refractivity contribution in [1.29, 1.82) is 0 Å². The van der Waals surface area contributed by atoms with Crippen molar-refractivity contribution in [3.63, 3.8) is 0 Å². The van der Waals surface area contributed by atoms with E-state index in [1.807, 2.05) is 6.33 Å². The highest BCUT2D eigenvalue weighted by Crippen LogP contribution is 2.43. The first-order valence-electron chi connectivity index (χ1n) is 12.1. The van der Waals surface area contributed by atoms with Gasteiger partial charge in [0, 0.05) is 19.1 Å². The minimum absolute atomic E-state index is 0.293. The lowest BCUT2D eigenvalue weighted by Crippen LogP contribution is -2.46. The average Bonchev–Trinajstić information content (AvgIpc) is 3.13. The van der Waals surface area contributed by atoms with Crippen molar-refractivity contribution in [3.8, 4) is 17.1 Å². The zero-order valence-electron chi connectivity index (χ0n) is 18.7. The summed E-state index contributed by atoms with van der Waals surface area (Å²) in [6, 6.07) is 3.05. The van der Waals surface area contributed by atoms with Crippen LogP contribution in [-0.4, -0.2) is 53.3 Å². The van der Waals surface area contributed by atoms with Crippen LogP contribution in [0, 0.1) is 11.8 Å². The van der Waals surface area contributed by atoms with E-state index in [0.717, 1.165) is 56.9 Å². The van der Waals surface area contributed by atoms with Gasteiger partial charge in [-0.05, 0) is 80.4 Å². The highest BCUT2D eigenvalue weighted by Gasteiger charge is 2.31. The normalized spacial score (nSPS) is 28.0. The molecule has 2 aliphatic heterocycles. The molecule has 1 N–H and O–H groups in total. The molecule has 164 valence electrons. The van der Waals surface area contributed by atoms with Crippen LogP contribution in [0.3, 0.4) is 0 Å². The molecule has 0 aromatic rings. The van der Waals surface area contributed by atoms with Crippen LogP contribution in [0.25, 0.3) is 11.3 Å². The van der Waals surface area contributed by atoms with Gasteiger partial charge in [-0.1, -0.05) is 13.8 Å². The van der Waals surface area contributed by atoms with Crippen LogP contribution in [0.1, 0.15) is 63.5 Å². The van der Waals surface area contributed by atoms with Crippen LogP contribution in [0.2, 0.25) is 0 Å². The number of nitrogens with zero attached hydrogens (tertiary/aromatic N) is 2. The number of morpholine rings is 1. The molecular formula is C25H37N3O2. The number of hydrogen-bond donors (Lipinski definition) is 1. The molecule has 2 fully saturated rings. The highest BCUT2D eigenvalue weighted by atomic mass is 16.5. The number of ether oxygens (including phenoxy) is 2. The molecule has 1 atom stereocenters. The summed E-state index contributed by atoms with van der Waals surface area (Å²) in [4.78, 5) is 10.7. The second-order valence-electron chi connectivity index (χ2n) is 10.1. The zero-order valence-corrected chi connectivity index (χ0v) is 18.7. The first-order chi connectivity index (χ1) is 14.7. The molecule has 0 unspecified atom stereocenters. The predicted octanol–water partition coefficient (Wildman–Crippen LogP) is 4.69. The molecule has 0 aromatic heterocycles. The van der Waals surface area contributed by atoms with E-state index in [9.17, 15) is 0 Å². The summed E-state index contributed by atoms with van der Waals surface area (Å²) in [5.74, 6) is 2.42. The van der Waals surface area contributed by atoms with Gasteiger partial charge < -0.3 is 14.5 Å². The maximum atomic E-state index is 6.57. The van der Waals surface area contributed by atoms with Crippen LogP contribution in [0.4, 0.5) is 0 Å². The Labute approximate surface area is 180 Å². The number of H-pyrrole nitrogens is 1. The predicted molar refractivity (Wildman–Crippen MR) is 119 cm³/mol. The SMILES string of the molecule is CC(C)C[C@@H]1CCc2cc3[nH]cnc(OC4CCC(N5CCOCC5)CC4)c-3c2C1. The van der Waals surface area contributed by atoms with Crippen LogP contribution < -0.4 is 4.74 Å². The van der Waals surface area contributed by atoms with Gasteiger partial charge in [-0.2, -0.15) is 0 Å². The largest absolute Gasteiger partial charge is 0.474 e. The molecule has 0 amide bonds. The quantitative estimate of drug-likeness (QED) is 0.776. The molecule has 3 aliphatic carbocycles. The molecular weight excluding hydrogens is 374 g/mol. The van der Waals surface area contributed by atoms with Gasteiger partial charge in [-0.3, -0.25) is 4.90 Å². The first kappa shape index (κ1) is 20.3. The number of aromatic amines is 1. The van der Waals surface area contributed by atoms with Crippen LogP contribution in [0.5, 0.6) is 5.88 Å². The van der Waals surface area contributed by atoms with Crippen molar-refractivity contribution in [3.05, 3.63) is 23.5 Å². The molecule has 5 rings (SSSR count). The highest BCUT2D eigenvalue weighted by molar-refractivity contribution is 5.75. The fraction of sp³-hybridized carbons (Fsp3) is 0.720. The number of rotatable bonds is 5. The van der Waals surface area contributed by atoms with Crippen molar-refractivity contribution in [1.82, 2.24) is 14.9 Å². The summed E-state index contributed by atoms with van der Waals surface area (Å²) in [7, 11) is 0. The number of aryl methyl sites for hydroxylation is 1. The van der Waals surface area contributed by atoms with E-state index in [1.165, 1.54) is 60.9 Å². The topological polar surface area (TPSA) is 50.4 Å². The molecule has 0 bridgehead atoms. The third kappa shape index (κ3) is 4.24. The van der Waals surface area contributed by atoms with Crippen molar-refractivity contribution >= 4 is 0 Å². The van der Waals surface area contributed by atoms with Crippen LogP contribution >= 0.6 is 0 Å². The fourth-order valence-corrected chi connectivity index (χ4v) is 6.03. The first-order valence-corrected chi connectivity index (χ1v) is 12.1. The molecule has 5 heteroatoms. The summed E-state index contributed by atoms with van der Waals surface area (Å²) in [6.07, 6.45) is 11.8. The Kier molecular flexibility index (Phi) is 6.01. The standard InChI is InChI=1S/C25H37N3O2/c1-17(2)13-18-3-4-19-15-23-24(22(19)14-18)25(27-16-26-23)30-21-7-5-20(6-8-21)28-9-11-29-12-10-28/h15-18,20-21H,3-14H2,1-2H3,(H,26,27)/t18-,20?,21?/m0/s1. The molecule has 1 saturated heterocycles. The third-order valence-electron chi connectivity index (χ3n) is 7.50. The maximum absolute atomic E-state index is 6.57. The lowest BCUT2D eigenvalue weighted by atomic mass is 9.81. The van der Waals surface area contributed by atoms with Gasteiger partial charge in [0.2, 0.25) is 5.88 Å². The molecule has 5 aliphatic rings. The third-order valence-corrected chi connectivity index (χ3v) is 7.50. The molecule has 30 heavy (non-hydrogen) atoms. The van der Waals surface area contributed by atoms with E-state index in [-0.39, 0.29) is 0 Å². The van der Waals surface area contributed by atoms with E-state index in [4.69, 9.17) is 9.47 Å². The molecule has 2 heterocycles. The number of fused-ring (bicyclic) bond motifs is 3. The van der Waals surface area contributed by atoms with E-state index in [1.54, 1.807) is 0 Å². The average molecular weight is 412 g/mol. The number of aromatic nitrogens is 2. The Morgan fingerprint density at radius 3 is 2.73 bits per heavy atom.